The van der Waals surface area contributed by atoms with Crippen molar-refractivity contribution in [2.75, 3.05) is 5.32 Å². The van der Waals surface area contributed by atoms with Crippen LogP contribution in [0.2, 0.25) is 0 Å². The predicted octanol–water partition coefficient (Wildman–Crippen LogP) is 17.5. The molecule has 0 radical (unpaired) electrons. The van der Waals surface area contributed by atoms with Gasteiger partial charge >= 0.3 is 0 Å². The third kappa shape index (κ3) is 11.3. The van der Waals surface area contributed by atoms with E-state index in [1.807, 2.05) is 12.4 Å². The molecule has 0 unspecified atom stereocenters. The summed E-state index contributed by atoms with van der Waals surface area (Å²) in [5, 5.41) is 3.83. The minimum atomic E-state index is -0.132. The van der Waals surface area contributed by atoms with Crippen LogP contribution in [0.25, 0.3) is 56.0 Å². The van der Waals surface area contributed by atoms with Gasteiger partial charge in [-0.25, -0.2) is 4.98 Å². The first-order valence-corrected chi connectivity index (χ1v) is 23.8. The summed E-state index contributed by atoms with van der Waals surface area (Å²) in [5.74, 6) is 1.90. The lowest BCUT2D eigenvalue weighted by atomic mass is 9.81. The summed E-state index contributed by atoms with van der Waals surface area (Å²) < 4.78 is 0. The molecule has 336 valence electrons. The van der Waals surface area contributed by atoms with Gasteiger partial charge in [-0.15, -0.1) is 0 Å². The van der Waals surface area contributed by atoms with E-state index in [0.717, 1.165) is 51.7 Å². The van der Waals surface area contributed by atoms with Crippen LogP contribution >= 0.6 is 0 Å². The Labute approximate surface area is 391 Å². The Morgan fingerprint density at radius 2 is 0.969 bits per heavy atom. The Balaban J connectivity index is 1.31. The van der Waals surface area contributed by atoms with E-state index in [1.54, 1.807) is 0 Å². The first-order valence-electron chi connectivity index (χ1n) is 23.8. The van der Waals surface area contributed by atoms with Crippen molar-refractivity contribution in [2.45, 2.75) is 139 Å². The molecule has 4 heteroatoms. The van der Waals surface area contributed by atoms with Gasteiger partial charge in [-0.2, -0.15) is 0 Å². The van der Waals surface area contributed by atoms with Gasteiger partial charge in [0, 0.05) is 23.6 Å². The quantitative estimate of drug-likeness (QED) is 0.141. The topological polar surface area (TPSA) is 50.7 Å². The number of nitrogens with zero attached hydrogens (tertiary/aromatic N) is 3. The smallest absolute Gasteiger partial charge is 0.131 e. The van der Waals surface area contributed by atoms with E-state index in [4.69, 9.17) is 15.0 Å². The second kappa shape index (κ2) is 18.6. The molecule has 3 heterocycles. The molecule has 0 atom stereocenters. The standard InChI is InChI=1S/C61H72N4/c1-38(2)46-31-52(39(3)4)58(53(32-46)40(5)6)48-28-47(54-34-49(25-27-62-54)60(10,11)12)29-51(30-48)64-57-36-50(61(13,14)15)35-56(65-57)55-33-45(24-26-63-55)44-22-20-43(21-23-44)42-18-16-41(17-19-42)37-59(7,8)9/h16-36,38-40H,37H2,1-15H3,(H,64,65). The van der Waals surface area contributed by atoms with Gasteiger partial charge in [-0.3, -0.25) is 9.97 Å². The van der Waals surface area contributed by atoms with E-state index < -0.39 is 0 Å². The molecule has 0 saturated carbocycles. The summed E-state index contributed by atoms with van der Waals surface area (Å²) in [6.45, 7) is 34.3. The van der Waals surface area contributed by atoms with Crippen molar-refractivity contribution in [1.29, 1.82) is 0 Å². The van der Waals surface area contributed by atoms with Crippen molar-refractivity contribution < 1.29 is 0 Å². The van der Waals surface area contributed by atoms with Gasteiger partial charge in [-0.05, 0) is 162 Å². The minimum Gasteiger partial charge on any atom is -0.340 e. The van der Waals surface area contributed by atoms with E-state index in [1.165, 1.54) is 55.6 Å². The normalized spacial score (nSPS) is 12.4. The molecule has 7 rings (SSSR count). The molecule has 0 aliphatic rings. The van der Waals surface area contributed by atoms with Crippen LogP contribution in [0.1, 0.15) is 155 Å². The second-order valence-electron chi connectivity index (χ2n) is 22.5. The maximum Gasteiger partial charge on any atom is 0.131 e. The van der Waals surface area contributed by atoms with Gasteiger partial charge in [-0.1, -0.05) is 165 Å². The maximum atomic E-state index is 5.31. The fourth-order valence-electron chi connectivity index (χ4n) is 8.68. The van der Waals surface area contributed by atoms with Crippen LogP contribution < -0.4 is 5.32 Å². The van der Waals surface area contributed by atoms with Crippen LogP contribution in [0.4, 0.5) is 11.5 Å². The largest absolute Gasteiger partial charge is 0.340 e. The van der Waals surface area contributed by atoms with Gasteiger partial charge in [0.15, 0.2) is 0 Å². The number of pyridine rings is 3. The number of benzene rings is 4. The van der Waals surface area contributed by atoms with E-state index in [9.17, 15) is 0 Å². The van der Waals surface area contributed by atoms with E-state index >= 15 is 0 Å². The third-order valence-corrected chi connectivity index (χ3v) is 12.5. The Bertz CT molecular complexity index is 2740. The number of nitrogens with one attached hydrogen (secondary N) is 1. The molecule has 0 fully saturated rings. The first-order chi connectivity index (χ1) is 30.5. The molecule has 0 aliphatic carbocycles. The summed E-state index contributed by atoms with van der Waals surface area (Å²) in [5.41, 5.74) is 19.9. The molecular formula is C61H72N4. The molecule has 0 aliphatic heterocycles. The van der Waals surface area contributed by atoms with Gasteiger partial charge in [0.25, 0.3) is 0 Å². The summed E-state index contributed by atoms with van der Waals surface area (Å²) in [7, 11) is 0. The van der Waals surface area contributed by atoms with E-state index in [0.29, 0.717) is 17.8 Å². The fourth-order valence-corrected chi connectivity index (χ4v) is 8.68. The molecular weight excluding hydrogens is 789 g/mol. The summed E-state index contributed by atoms with van der Waals surface area (Å²) in [6.07, 6.45) is 4.92. The van der Waals surface area contributed by atoms with Crippen LogP contribution in [0.15, 0.2) is 128 Å². The molecule has 3 aromatic heterocycles. The van der Waals surface area contributed by atoms with Gasteiger partial charge < -0.3 is 5.32 Å². The molecule has 4 nitrogen and oxygen atoms in total. The SMILES string of the molecule is CC(C)c1cc(C(C)C)c(-c2cc(Nc3cc(C(C)(C)C)cc(-c4cc(-c5ccc(-c6ccc(CC(C)(C)C)cc6)cc5)ccn4)n3)cc(-c3cc(C(C)(C)C)ccn3)c2)c(C(C)C)c1. The van der Waals surface area contributed by atoms with Gasteiger partial charge in [0.1, 0.15) is 5.82 Å². The summed E-state index contributed by atoms with van der Waals surface area (Å²) in [6, 6.07) is 42.7. The molecule has 0 amide bonds. The Kier molecular flexibility index (Phi) is 13.4. The summed E-state index contributed by atoms with van der Waals surface area (Å²) >= 11 is 0. The highest BCUT2D eigenvalue weighted by Crippen LogP contribution is 2.42. The molecule has 0 spiro atoms. The zero-order chi connectivity index (χ0) is 47.0. The lowest BCUT2D eigenvalue weighted by Crippen LogP contribution is -2.12. The highest BCUT2D eigenvalue weighted by molar-refractivity contribution is 5.83. The van der Waals surface area contributed by atoms with E-state index in [2.05, 4.69) is 224 Å². The molecule has 65 heavy (non-hydrogen) atoms. The molecule has 7 aromatic rings. The molecule has 0 bridgehead atoms. The summed E-state index contributed by atoms with van der Waals surface area (Å²) in [4.78, 5) is 15.2. The molecule has 4 aromatic carbocycles. The van der Waals surface area contributed by atoms with Crippen molar-refractivity contribution in [2.24, 2.45) is 5.41 Å². The van der Waals surface area contributed by atoms with Crippen LogP contribution in [-0.2, 0) is 17.3 Å². The first kappa shape index (κ1) is 47.1. The third-order valence-electron chi connectivity index (χ3n) is 12.5. The van der Waals surface area contributed by atoms with Crippen molar-refractivity contribution in [3.8, 4) is 56.0 Å². The van der Waals surface area contributed by atoms with Crippen molar-refractivity contribution >= 4 is 11.5 Å². The Hall–Kier alpha value is -5.87. The number of rotatable bonds is 11. The highest BCUT2D eigenvalue weighted by atomic mass is 15.0. The number of aromatic nitrogens is 3. The predicted molar refractivity (Wildman–Crippen MR) is 280 cm³/mol. The second-order valence-corrected chi connectivity index (χ2v) is 22.5. The Morgan fingerprint density at radius 3 is 1.52 bits per heavy atom. The van der Waals surface area contributed by atoms with Crippen LogP contribution in [0.3, 0.4) is 0 Å². The van der Waals surface area contributed by atoms with Crippen molar-refractivity contribution in [3.05, 3.63) is 161 Å². The maximum absolute atomic E-state index is 5.31. The molecule has 1 N–H and O–H groups in total. The van der Waals surface area contributed by atoms with E-state index in [-0.39, 0.29) is 16.2 Å². The highest BCUT2D eigenvalue weighted by Gasteiger charge is 2.23. The lowest BCUT2D eigenvalue weighted by Gasteiger charge is -2.25. The van der Waals surface area contributed by atoms with Gasteiger partial charge in [0.05, 0.1) is 17.1 Å². The van der Waals surface area contributed by atoms with Crippen LogP contribution in [0.5, 0.6) is 0 Å². The lowest BCUT2D eigenvalue weighted by molar-refractivity contribution is 0.411. The zero-order valence-electron chi connectivity index (χ0n) is 41.9. The van der Waals surface area contributed by atoms with Crippen molar-refractivity contribution in [1.82, 2.24) is 15.0 Å². The van der Waals surface area contributed by atoms with Crippen LogP contribution in [0, 0.1) is 5.41 Å². The average molecular weight is 861 g/mol. The number of anilines is 2. The average Bonchev–Trinajstić information content (AvgIpc) is 3.25. The Morgan fingerprint density at radius 1 is 0.446 bits per heavy atom. The van der Waals surface area contributed by atoms with Crippen LogP contribution in [-0.4, -0.2) is 15.0 Å². The zero-order valence-corrected chi connectivity index (χ0v) is 41.9. The van der Waals surface area contributed by atoms with Gasteiger partial charge in [0.2, 0.25) is 0 Å². The monoisotopic (exact) mass is 861 g/mol. The number of hydrogen-bond acceptors (Lipinski definition) is 4. The molecule has 0 saturated heterocycles. The minimum absolute atomic E-state index is 0.0139. The fraction of sp³-hybridized carbons (Fsp3) is 0.361. The number of hydrogen-bond donors (Lipinski definition) is 1. The van der Waals surface area contributed by atoms with Crippen molar-refractivity contribution in [3.63, 3.8) is 0 Å².